The number of hydrogen-bond donors (Lipinski definition) is 0. The fourth-order valence-corrected chi connectivity index (χ4v) is 3.22. The highest BCUT2D eigenvalue weighted by atomic mass is 35.5. The van der Waals surface area contributed by atoms with Crippen molar-refractivity contribution in [2.24, 2.45) is 0 Å². The van der Waals surface area contributed by atoms with E-state index in [2.05, 4.69) is 9.97 Å². The molecule has 0 unspecified atom stereocenters. The molecule has 0 bridgehead atoms. The fourth-order valence-electron chi connectivity index (χ4n) is 2.93. The summed E-state index contributed by atoms with van der Waals surface area (Å²) in [4.78, 5) is 25.2. The van der Waals surface area contributed by atoms with Crippen molar-refractivity contribution in [2.75, 3.05) is 4.90 Å². The van der Waals surface area contributed by atoms with Crippen molar-refractivity contribution in [3.05, 3.63) is 82.2 Å². The van der Waals surface area contributed by atoms with E-state index in [4.69, 9.17) is 23.2 Å². The molecule has 1 aromatic carbocycles. The topological polar surface area (TPSA) is 49.3 Å². The third-order valence-electron chi connectivity index (χ3n) is 4.14. The van der Waals surface area contributed by atoms with Crippen LogP contribution in [0.2, 0.25) is 10.0 Å². The summed E-state index contributed by atoms with van der Waals surface area (Å²) in [5, 5.41) is 0.822. The van der Waals surface area contributed by atoms with Gasteiger partial charge >= 0.3 is 6.03 Å². The third kappa shape index (κ3) is 3.11. The molecule has 3 aromatic rings. The van der Waals surface area contributed by atoms with Gasteiger partial charge in [-0.15, -0.1) is 0 Å². The molecule has 4 rings (SSSR count). The van der Waals surface area contributed by atoms with Crippen LogP contribution in [0.5, 0.6) is 0 Å². The van der Waals surface area contributed by atoms with Gasteiger partial charge in [0.2, 0.25) is 0 Å². The summed E-state index contributed by atoms with van der Waals surface area (Å²) < 4.78 is 0. The van der Waals surface area contributed by atoms with E-state index >= 15 is 0 Å². The lowest BCUT2D eigenvalue weighted by Crippen LogP contribution is -2.44. The average Bonchev–Trinajstić information content (AvgIpc) is 2.66. The number of nitrogens with zero attached hydrogens (tertiary/aromatic N) is 4. The van der Waals surface area contributed by atoms with Crippen LogP contribution in [0.4, 0.5) is 16.3 Å². The number of urea groups is 1. The van der Waals surface area contributed by atoms with Crippen molar-refractivity contribution < 1.29 is 4.79 Å². The molecule has 0 spiro atoms. The number of fused-ring (bicyclic) bond motifs is 1. The summed E-state index contributed by atoms with van der Waals surface area (Å²) in [5.41, 5.74) is 2.39. The summed E-state index contributed by atoms with van der Waals surface area (Å²) in [6, 6.07) is 14.4. The van der Waals surface area contributed by atoms with E-state index < -0.39 is 0 Å². The summed E-state index contributed by atoms with van der Waals surface area (Å²) in [5.74, 6) is 0.605. The van der Waals surface area contributed by atoms with Gasteiger partial charge in [-0.2, -0.15) is 0 Å². The lowest BCUT2D eigenvalue weighted by molar-refractivity contribution is 0.197. The predicted octanol–water partition coefficient (Wildman–Crippen LogP) is 5.06. The molecule has 0 atom stereocenters. The van der Waals surface area contributed by atoms with Gasteiger partial charge < -0.3 is 4.90 Å². The van der Waals surface area contributed by atoms with Gasteiger partial charge in [-0.05, 0) is 36.4 Å². The Balaban J connectivity index is 1.76. The van der Waals surface area contributed by atoms with E-state index in [1.54, 1.807) is 40.4 Å². The second-order valence-electron chi connectivity index (χ2n) is 5.88. The Hall–Kier alpha value is -2.63. The summed E-state index contributed by atoms with van der Waals surface area (Å²) in [6.07, 6.45) is 3.39. The minimum atomic E-state index is -0.180. The van der Waals surface area contributed by atoms with Crippen LogP contribution in [0.3, 0.4) is 0 Å². The van der Waals surface area contributed by atoms with Gasteiger partial charge in [-0.1, -0.05) is 35.3 Å². The van der Waals surface area contributed by atoms with E-state index in [9.17, 15) is 4.79 Å². The third-order valence-corrected chi connectivity index (χ3v) is 4.88. The average molecular weight is 385 g/mol. The van der Waals surface area contributed by atoms with Gasteiger partial charge in [-0.25, -0.2) is 14.7 Å². The normalized spacial score (nSPS) is 13.7. The zero-order valence-corrected chi connectivity index (χ0v) is 15.2. The first kappa shape index (κ1) is 16.8. The Bertz CT molecular complexity index is 965. The van der Waals surface area contributed by atoms with Gasteiger partial charge in [0.1, 0.15) is 5.82 Å². The summed E-state index contributed by atoms with van der Waals surface area (Å²) in [6.45, 7) is 0.877. The van der Waals surface area contributed by atoms with Crippen LogP contribution in [0.15, 0.2) is 60.9 Å². The van der Waals surface area contributed by atoms with Crippen LogP contribution >= 0.6 is 23.2 Å². The van der Waals surface area contributed by atoms with Gasteiger partial charge in [0.25, 0.3) is 0 Å². The highest BCUT2D eigenvalue weighted by Crippen LogP contribution is 2.36. The van der Waals surface area contributed by atoms with Crippen LogP contribution < -0.4 is 4.90 Å². The van der Waals surface area contributed by atoms with Gasteiger partial charge in [0.05, 0.1) is 34.5 Å². The Morgan fingerprint density at radius 1 is 0.962 bits per heavy atom. The Labute approximate surface area is 160 Å². The molecule has 1 aliphatic heterocycles. The molecule has 3 heterocycles. The maximum atomic E-state index is 13.2. The maximum Gasteiger partial charge on any atom is 0.330 e. The molecule has 2 amide bonds. The zero-order valence-electron chi connectivity index (χ0n) is 13.6. The standard InChI is InChI=1S/C19H14Cl2N4O/c20-16-7-6-15(10-17(16)21)25-18-13(4-3-9-23-18)11-24(19(25)26)12-14-5-1-2-8-22-14/h1-10H,11-12H2. The van der Waals surface area contributed by atoms with Crippen LogP contribution in [0.1, 0.15) is 11.3 Å². The number of benzene rings is 1. The fraction of sp³-hybridized carbons (Fsp3) is 0.105. The van der Waals surface area contributed by atoms with Crippen molar-refractivity contribution in [1.29, 1.82) is 0 Å². The number of amides is 2. The molecule has 0 radical (unpaired) electrons. The number of pyridine rings is 2. The largest absolute Gasteiger partial charge is 0.330 e. The molecular formula is C19H14Cl2N4O. The quantitative estimate of drug-likeness (QED) is 0.634. The maximum absolute atomic E-state index is 13.2. The molecule has 7 heteroatoms. The lowest BCUT2D eigenvalue weighted by atomic mass is 10.1. The summed E-state index contributed by atoms with van der Waals surface area (Å²) >= 11 is 12.2. The van der Waals surface area contributed by atoms with E-state index in [0.717, 1.165) is 11.3 Å². The minimum absolute atomic E-state index is 0.180. The van der Waals surface area contributed by atoms with Crippen LogP contribution in [0, 0.1) is 0 Å². The highest BCUT2D eigenvalue weighted by Gasteiger charge is 2.32. The highest BCUT2D eigenvalue weighted by molar-refractivity contribution is 6.42. The molecule has 130 valence electrons. The number of carbonyl (C=O) groups is 1. The first-order valence-electron chi connectivity index (χ1n) is 8.01. The molecule has 0 fully saturated rings. The van der Waals surface area contributed by atoms with Gasteiger partial charge in [0, 0.05) is 18.0 Å². The molecule has 2 aromatic heterocycles. The Morgan fingerprint density at radius 2 is 1.81 bits per heavy atom. The van der Waals surface area contributed by atoms with Crippen LogP contribution in [0.25, 0.3) is 0 Å². The Morgan fingerprint density at radius 3 is 2.58 bits per heavy atom. The van der Waals surface area contributed by atoms with E-state index in [1.165, 1.54) is 0 Å². The minimum Gasteiger partial charge on any atom is -0.314 e. The molecule has 0 N–H and O–H groups in total. The summed E-state index contributed by atoms with van der Waals surface area (Å²) in [7, 11) is 0. The number of halogens is 2. The van der Waals surface area contributed by atoms with Crippen molar-refractivity contribution in [3.63, 3.8) is 0 Å². The van der Waals surface area contributed by atoms with E-state index in [0.29, 0.717) is 34.6 Å². The smallest absolute Gasteiger partial charge is 0.314 e. The monoisotopic (exact) mass is 384 g/mol. The van der Waals surface area contributed by atoms with Crippen molar-refractivity contribution in [1.82, 2.24) is 14.9 Å². The molecule has 0 saturated heterocycles. The Kier molecular flexibility index (Phi) is 4.49. The lowest BCUT2D eigenvalue weighted by Gasteiger charge is -2.36. The molecular weight excluding hydrogens is 371 g/mol. The SMILES string of the molecule is O=C1N(Cc2ccccn2)Cc2cccnc2N1c1ccc(Cl)c(Cl)c1. The number of aromatic nitrogens is 2. The predicted molar refractivity (Wildman–Crippen MR) is 102 cm³/mol. The van der Waals surface area contributed by atoms with Crippen molar-refractivity contribution in [2.45, 2.75) is 13.1 Å². The zero-order chi connectivity index (χ0) is 18.1. The number of hydrogen-bond acceptors (Lipinski definition) is 3. The van der Waals surface area contributed by atoms with E-state index in [1.807, 2.05) is 30.3 Å². The second-order valence-corrected chi connectivity index (χ2v) is 6.69. The van der Waals surface area contributed by atoms with Crippen LogP contribution in [-0.2, 0) is 13.1 Å². The second kappa shape index (κ2) is 6.94. The van der Waals surface area contributed by atoms with Crippen molar-refractivity contribution >= 4 is 40.7 Å². The number of rotatable bonds is 3. The number of carbonyl (C=O) groups excluding carboxylic acids is 1. The van der Waals surface area contributed by atoms with Crippen LogP contribution in [-0.4, -0.2) is 20.9 Å². The van der Waals surface area contributed by atoms with E-state index in [-0.39, 0.29) is 6.03 Å². The van der Waals surface area contributed by atoms with Gasteiger partial charge in [-0.3, -0.25) is 4.98 Å². The first-order valence-corrected chi connectivity index (χ1v) is 8.77. The molecule has 0 aliphatic carbocycles. The first-order chi connectivity index (χ1) is 12.6. The van der Waals surface area contributed by atoms with Gasteiger partial charge in [0.15, 0.2) is 0 Å². The number of anilines is 2. The molecule has 0 saturated carbocycles. The molecule has 5 nitrogen and oxygen atoms in total. The molecule has 1 aliphatic rings. The van der Waals surface area contributed by atoms with Crippen molar-refractivity contribution in [3.8, 4) is 0 Å². The molecule has 26 heavy (non-hydrogen) atoms.